The molecule has 4 rings (SSSR count). The van der Waals surface area contributed by atoms with E-state index in [2.05, 4.69) is 0 Å². The molecular weight excluding hydrogens is 327 g/mol. The third-order valence-corrected chi connectivity index (χ3v) is 5.48. The lowest BCUT2D eigenvalue weighted by Crippen LogP contribution is -2.18. The summed E-state index contributed by atoms with van der Waals surface area (Å²) in [5.41, 5.74) is 2.58. The number of hydrogen-bond donors (Lipinski definition) is 1. The number of carboxylic acids is 1. The summed E-state index contributed by atoms with van der Waals surface area (Å²) < 4.78 is 20.0. The fourth-order valence-electron chi connectivity index (χ4n) is 3.19. The van der Waals surface area contributed by atoms with Crippen LogP contribution in [0.5, 0.6) is 5.75 Å². The van der Waals surface area contributed by atoms with E-state index in [1.54, 1.807) is 6.07 Å². The molecule has 122 valence electrons. The van der Waals surface area contributed by atoms with E-state index in [0.717, 1.165) is 46.4 Å². The number of ether oxygens (including phenoxy) is 1. The second-order valence-electron chi connectivity index (χ2n) is 6.04. The fourth-order valence-corrected chi connectivity index (χ4v) is 4.28. The summed E-state index contributed by atoms with van der Waals surface area (Å²) in [6.07, 6.45) is 2.05. The average molecular weight is 342 g/mol. The lowest BCUT2D eigenvalue weighted by molar-refractivity contribution is 0.0703. The summed E-state index contributed by atoms with van der Waals surface area (Å²) in [5.74, 6) is -0.491. The van der Waals surface area contributed by atoms with Crippen molar-refractivity contribution < 1.29 is 19.0 Å². The van der Waals surface area contributed by atoms with E-state index in [9.17, 15) is 14.3 Å². The summed E-state index contributed by atoms with van der Waals surface area (Å²) in [6, 6.07) is 10.2. The zero-order valence-corrected chi connectivity index (χ0v) is 13.8. The molecule has 0 bridgehead atoms. The Kier molecular flexibility index (Phi) is 3.53. The van der Waals surface area contributed by atoms with Gasteiger partial charge in [0.1, 0.15) is 16.4 Å². The van der Waals surface area contributed by atoms with Gasteiger partial charge in [0, 0.05) is 15.6 Å². The maximum absolute atomic E-state index is 13.5. The Labute approximate surface area is 142 Å². The van der Waals surface area contributed by atoms with Gasteiger partial charge in [0.15, 0.2) is 0 Å². The van der Waals surface area contributed by atoms with Crippen molar-refractivity contribution >= 4 is 27.4 Å². The first kappa shape index (κ1) is 15.1. The van der Waals surface area contributed by atoms with Crippen molar-refractivity contribution in [2.24, 2.45) is 0 Å². The predicted octanol–water partition coefficient (Wildman–Crippen LogP) is 5.12. The molecule has 0 amide bonds. The third-order valence-electron chi connectivity index (χ3n) is 4.34. The number of carbonyl (C=O) groups is 1. The number of fused-ring (bicyclic) bond motifs is 2. The van der Waals surface area contributed by atoms with Crippen LogP contribution in [0.4, 0.5) is 4.39 Å². The first-order valence-electron chi connectivity index (χ1n) is 7.78. The van der Waals surface area contributed by atoms with Gasteiger partial charge in [-0.1, -0.05) is 6.07 Å². The van der Waals surface area contributed by atoms with Crippen LogP contribution in [0.25, 0.3) is 21.2 Å². The molecule has 0 saturated heterocycles. The molecule has 2 heterocycles. The normalized spacial score (nSPS) is 16.7. The topological polar surface area (TPSA) is 46.5 Å². The van der Waals surface area contributed by atoms with Gasteiger partial charge in [-0.15, -0.1) is 11.3 Å². The van der Waals surface area contributed by atoms with Gasteiger partial charge < -0.3 is 9.84 Å². The standard InChI is InChI=1S/C19H15FO3S/c1-10-2-3-11-8-12(4-7-15(11)23-10)17-14-6-5-13(20)9-16(14)24-18(17)19(21)22/h4-10H,2-3H2,1H3,(H,21,22). The van der Waals surface area contributed by atoms with Crippen molar-refractivity contribution in [2.45, 2.75) is 25.9 Å². The minimum Gasteiger partial charge on any atom is -0.490 e. The van der Waals surface area contributed by atoms with Gasteiger partial charge in [-0.05, 0) is 61.2 Å². The van der Waals surface area contributed by atoms with E-state index in [4.69, 9.17) is 4.74 Å². The van der Waals surface area contributed by atoms with Gasteiger partial charge in [-0.3, -0.25) is 0 Å². The molecule has 1 unspecified atom stereocenters. The van der Waals surface area contributed by atoms with Crippen molar-refractivity contribution in [2.75, 3.05) is 0 Å². The van der Waals surface area contributed by atoms with Gasteiger partial charge in [-0.25, -0.2) is 9.18 Å². The van der Waals surface area contributed by atoms with Crippen LogP contribution < -0.4 is 4.74 Å². The van der Waals surface area contributed by atoms with E-state index >= 15 is 0 Å². The SMILES string of the molecule is CC1CCc2cc(-c3c(C(=O)O)sc4cc(F)ccc34)ccc2O1. The quantitative estimate of drug-likeness (QED) is 0.703. The molecule has 1 aliphatic heterocycles. The summed E-state index contributed by atoms with van der Waals surface area (Å²) in [6.45, 7) is 2.04. The van der Waals surface area contributed by atoms with Crippen LogP contribution in [-0.4, -0.2) is 17.2 Å². The first-order valence-corrected chi connectivity index (χ1v) is 8.60. The number of carboxylic acid groups (broad SMARTS) is 1. The molecule has 3 aromatic rings. The zero-order valence-electron chi connectivity index (χ0n) is 13.0. The Bertz CT molecular complexity index is 961. The molecule has 1 N–H and O–H groups in total. The molecule has 1 aliphatic rings. The highest BCUT2D eigenvalue weighted by molar-refractivity contribution is 7.21. The Hall–Kier alpha value is -2.40. The Balaban J connectivity index is 1.93. The number of halogens is 1. The smallest absolute Gasteiger partial charge is 0.346 e. The largest absolute Gasteiger partial charge is 0.490 e. The number of benzene rings is 2. The van der Waals surface area contributed by atoms with E-state index in [-0.39, 0.29) is 16.8 Å². The number of hydrogen-bond acceptors (Lipinski definition) is 3. The second-order valence-corrected chi connectivity index (χ2v) is 7.09. The van der Waals surface area contributed by atoms with Crippen LogP contribution >= 0.6 is 11.3 Å². The van der Waals surface area contributed by atoms with Gasteiger partial charge in [-0.2, -0.15) is 0 Å². The van der Waals surface area contributed by atoms with Crippen molar-refractivity contribution in [1.82, 2.24) is 0 Å². The molecule has 24 heavy (non-hydrogen) atoms. The van der Waals surface area contributed by atoms with Crippen LogP contribution in [-0.2, 0) is 6.42 Å². The van der Waals surface area contributed by atoms with Crippen LogP contribution in [0.1, 0.15) is 28.6 Å². The monoisotopic (exact) mass is 342 g/mol. The highest BCUT2D eigenvalue weighted by atomic mass is 32.1. The third kappa shape index (κ3) is 2.45. The predicted molar refractivity (Wildman–Crippen MR) is 92.6 cm³/mol. The summed E-state index contributed by atoms with van der Waals surface area (Å²) in [7, 11) is 0. The molecule has 0 fully saturated rings. The maximum atomic E-state index is 13.5. The number of thiophene rings is 1. The number of rotatable bonds is 2. The second kappa shape index (κ2) is 5.60. The zero-order chi connectivity index (χ0) is 16.8. The summed E-state index contributed by atoms with van der Waals surface area (Å²) >= 11 is 1.11. The van der Waals surface area contributed by atoms with E-state index in [1.165, 1.54) is 12.1 Å². The minimum absolute atomic E-state index is 0.197. The van der Waals surface area contributed by atoms with Crippen molar-refractivity contribution in [1.29, 1.82) is 0 Å². The molecule has 0 spiro atoms. The van der Waals surface area contributed by atoms with Crippen LogP contribution in [0.3, 0.4) is 0 Å². The molecule has 0 aliphatic carbocycles. The first-order chi connectivity index (χ1) is 11.5. The molecular formula is C19H15FO3S. The lowest BCUT2D eigenvalue weighted by atomic mass is 9.96. The lowest BCUT2D eigenvalue weighted by Gasteiger charge is -2.23. The maximum Gasteiger partial charge on any atom is 0.346 e. The Morgan fingerprint density at radius 2 is 2.12 bits per heavy atom. The molecule has 5 heteroatoms. The van der Waals surface area contributed by atoms with Gasteiger partial charge in [0.25, 0.3) is 0 Å². The highest BCUT2D eigenvalue weighted by Gasteiger charge is 2.22. The minimum atomic E-state index is -0.991. The van der Waals surface area contributed by atoms with E-state index in [1.807, 2.05) is 25.1 Å². The van der Waals surface area contributed by atoms with Crippen LogP contribution in [0.15, 0.2) is 36.4 Å². The summed E-state index contributed by atoms with van der Waals surface area (Å²) in [5, 5.41) is 10.3. The molecule has 1 atom stereocenters. The Morgan fingerprint density at radius 1 is 1.29 bits per heavy atom. The fraction of sp³-hybridized carbons (Fsp3) is 0.211. The van der Waals surface area contributed by atoms with Crippen molar-refractivity contribution in [3.8, 4) is 16.9 Å². The van der Waals surface area contributed by atoms with E-state index < -0.39 is 5.97 Å². The molecule has 2 aromatic carbocycles. The van der Waals surface area contributed by atoms with Crippen LogP contribution in [0.2, 0.25) is 0 Å². The average Bonchev–Trinajstić information content (AvgIpc) is 2.93. The summed E-state index contributed by atoms with van der Waals surface area (Å²) in [4.78, 5) is 11.9. The van der Waals surface area contributed by atoms with Gasteiger partial charge in [0.05, 0.1) is 6.10 Å². The van der Waals surface area contributed by atoms with Gasteiger partial charge >= 0.3 is 5.97 Å². The molecule has 0 radical (unpaired) electrons. The molecule has 1 aromatic heterocycles. The molecule has 0 saturated carbocycles. The molecule has 3 nitrogen and oxygen atoms in total. The Morgan fingerprint density at radius 3 is 2.92 bits per heavy atom. The van der Waals surface area contributed by atoms with Gasteiger partial charge in [0.2, 0.25) is 0 Å². The highest BCUT2D eigenvalue weighted by Crippen LogP contribution is 2.41. The number of aromatic carboxylic acids is 1. The van der Waals surface area contributed by atoms with Crippen LogP contribution in [0, 0.1) is 5.82 Å². The van der Waals surface area contributed by atoms with Crippen molar-refractivity contribution in [3.05, 3.63) is 52.7 Å². The van der Waals surface area contributed by atoms with Crippen molar-refractivity contribution in [3.63, 3.8) is 0 Å². The van der Waals surface area contributed by atoms with E-state index in [0.29, 0.717) is 10.3 Å². The number of aryl methyl sites for hydroxylation is 1.